The summed E-state index contributed by atoms with van der Waals surface area (Å²) in [4.78, 5) is 10.9. The van der Waals surface area contributed by atoms with Crippen LogP contribution >= 0.6 is 23.2 Å². The highest BCUT2D eigenvalue weighted by molar-refractivity contribution is 6.34. The van der Waals surface area contributed by atoms with Gasteiger partial charge >= 0.3 is 18.3 Å². The Morgan fingerprint density at radius 2 is 1.18 bits per heavy atom. The summed E-state index contributed by atoms with van der Waals surface area (Å²) in [7, 11) is 0. The third kappa shape index (κ3) is 4.75. The molecule has 0 aliphatic heterocycles. The molecule has 0 heterocycles. The number of hydrogen-bond donors (Lipinski definition) is 2. The number of carboxylic acids is 1. The molecule has 0 bridgehead atoms. The smallest absolute Gasteiger partial charge is 0.426 e. The van der Waals surface area contributed by atoms with Crippen LogP contribution in [0.2, 0.25) is 10.0 Å². The van der Waals surface area contributed by atoms with Crippen molar-refractivity contribution in [3.8, 4) is 22.3 Å². The van der Waals surface area contributed by atoms with Crippen molar-refractivity contribution in [2.24, 2.45) is 0 Å². The number of fused-ring (bicyclic) bond motifs is 6. The first-order chi connectivity index (χ1) is 20.4. The monoisotopic (exact) mass is 654 g/mol. The highest BCUT2D eigenvalue weighted by atomic mass is 35.5. The molecule has 0 spiro atoms. The van der Waals surface area contributed by atoms with E-state index in [-0.39, 0.29) is 43.4 Å². The molecule has 0 unspecified atom stereocenters. The van der Waals surface area contributed by atoms with Crippen LogP contribution in [0.1, 0.15) is 33.4 Å². The Balaban J connectivity index is 0.000000177. The lowest BCUT2D eigenvalue weighted by Gasteiger charge is -2.33. The first kappa shape index (κ1) is 31.8. The summed E-state index contributed by atoms with van der Waals surface area (Å²) in [6.07, 6.45) is -9.67. The van der Waals surface area contributed by atoms with E-state index in [9.17, 15) is 36.2 Å². The summed E-state index contributed by atoms with van der Waals surface area (Å²) < 4.78 is 87.8. The van der Waals surface area contributed by atoms with Crippen LogP contribution < -0.4 is 0 Å². The van der Waals surface area contributed by atoms with E-state index >= 15 is 0 Å². The van der Waals surface area contributed by atoms with Gasteiger partial charge in [0.1, 0.15) is 6.61 Å². The third-order valence-electron chi connectivity index (χ3n) is 7.62. The zero-order valence-corrected chi connectivity index (χ0v) is 24.4. The standard InChI is InChI=1S/C17H12ClF3O3.C15H10ClF3O/c1-9-6-12-15(13(18)7-9)10-4-2-3-5-11(10)16(12,17(19,20)21)24-8-14(22)23;1-8-6-11-13(12(16)7-8)9-4-2-3-5-10(9)14(11,20)15(17,18)19/h2-7H,8H2,1H3,(H,22,23);2-7,20H,1H3/t16-;14-/m11/s1. The number of carboxylic acid groups (broad SMARTS) is 1. The minimum absolute atomic E-state index is 0.152. The Hall–Kier alpha value is -3.57. The van der Waals surface area contributed by atoms with Crippen LogP contribution in [-0.4, -0.2) is 35.1 Å². The topological polar surface area (TPSA) is 66.8 Å². The molecule has 4 aromatic rings. The maximum Gasteiger partial charge on any atom is 0.426 e. The zero-order chi connectivity index (χ0) is 32.4. The molecule has 230 valence electrons. The first-order valence-electron chi connectivity index (χ1n) is 13.0. The highest BCUT2D eigenvalue weighted by Gasteiger charge is 2.64. The van der Waals surface area contributed by atoms with E-state index < -0.39 is 36.1 Å². The van der Waals surface area contributed by atoms with Gasteiger partial charge in [-0.1, -0.05) is 83.9 Å². The fourth-order valence-corrected chi connectivity index (χ4v) is 6.68. The number of aliphatic carboxylic acids is 1. The second-order valence-electron chi connectivity index (χ2n) is 10.5. The van der Waals surface area contributed by atoms with Gasteiger partial charge in [0.25, 0.3) is 0 Å². The molecule has 4 aromatic carbocycles. The normalized spacial score (nSPS) is 19.8. The third-order valence-corrected chi connectivity index (χ3v) is 8.22. The number of rotatable bonds is 3. The van der Waals surface area contributed by atoms with E-state index in [4.69, 9.17) is 33.0 Å². The predicted molar refractivity (Wildman–Crippen MR) is 153 cm³/mol. The Bertz CT molecular complexity index is 1800. The van der Waals surface area contributed by atoms with Crippen LogP contribution in [0.3, 0.4) is 0 Å². The number of alkyl halides is 6. The molecule has 4 nitrogen and oxygen atoms in total. The van der Waals surface area contributed by atoms with E-state index in [0.717, 1.165) is 0 Å². The van der Waals surface area contributed by atoms with Gasteiger partial charge in [0.15, 0.2) is 0 Å². The molecule has 2 atom stereocenters. The van der Waals surface area contributed by atoms with E-state index in [2.05, 4.69) is 0 Å². The number of carbonyl (C=O) groups is 1. The molecule has 0 saturated carbocycles. The minimum atomic E-state index is -4.86. The average Bonchev–Trinajstić information content (AvgIpc) is 3.36. The van der Waals surface area contributed by atoms with E-state index in [0.29, 0.717) is 22.3 Å². The van der Waals surface area contributed by atoms with Crippen molar-refractivity contribution >= 4 is 29.2 Å². The second-order valence-corrected chi connectivity index (χ2v) is 11.3. The fraction of sp³-hybridized carbons (Fsp3) is 0.219. The van der Waals surface area contributed by atoms with Gasteiger partial charge in [-0.2, -0.15) is 26.3 Å². The molecule has 6 rings (SSSR count). The summed E-state index contributed by atoms with van der Waals surface area (Å²) in [6.45, 7) is 2.18. The van der Waals surface area contributed by atoms with Crippen LogP contribution in [0.25, 0.3) is 22.3 Å². The Morgan fingerprint density at radius 3 is 1.68 bits per heavy atom. The summed E-state index contributed by atoms with van der Waals surface area (Å²) in [6, 6.07) is 17.6. The van der Waals surface area contributed by atoms with E-state index in [1.54, 1.807) is 44.2 Å². The predicted octanol–water partition coefficient (Wildman–Crippen LogP) is 8.96. The zero-order valence-electron chi connectivity index (χ0n) is 22.9. The minimum Gasteiger partial charge on any atom is -0.480 e. The summed E-state index contributed by atoms with van der Waals surface area (Å²) in [5.41, 5.74) is -4.36. The number of halogens is 8. The summed E-state index contributed by atoms with van der Waals surface area (Å²) in [5, 5.41) is 19.6. The Labute approximate surface area is 257 Å². The van der Waals surface area contributed by atoms with Crippen molar-refractivity contribution in [3.63, 3.8) is 0 Å². The van der Waals surface area contributed by atoms with Gasteiger partial charge in [0, 0.05) is 43.4 Å². The Morgan fingerprint density at radius 1 is 0.727 bits per heavy atom. The summed E-state index contributed by atoms with van der Waals surface area (Å²) >= 11 is 12.3. The highest BCUT2D eigenvalue weighted by Crippen LogP contribution is 2.59. The molecule has 0 aromatic heterocycles. The van der Waals surface area contributed by atoms with Crippen molar-refractivity contribution in [1.29, 1.82) is 0 Å². The number of aryl methyl sites for hydroxylation is 2. The number of hydrogen-bond acceptors (Lipinski definition) is 3. The van der Waals surface area contributed by atoms with Crippen molar-refractivity contribution < 1.29 is 46.1 Å². The summed E-state index contributed by atoms with van der Waals surface area (Å²) in [5.74, 6) is -1.48. The van der Waals surface area contributed by atoms with Gasteiger partial charge in [0.2, 0.25) is 11.2 Å². The van der Waals surface area contributed by atoms with Crippen molar-refractivity contribution in [2.75, 3.05) is 6.61 Å². The molecule has 0 saturated heterocycles. The lowest BCUT2D eigenvalue weighted by atomic mass is 9.89. The molecular formula is C32H22Cl2F6O4. The lowest BCUT2D eigenvalue weighted by Crippen LogP contribution is -2.45. The molecule has 12 heteroatoms. The van der Waals surface area contributed by atoms with Gasteiger partial charge in [-0.05, 0) is 48.2 Å². The van der Waals surface area contributed by atoms with Crippen molar-refractivity contribution in [3.05, 3.63) is 116 Å². The molecule has 0 radical (unpaired) electrons. The second kappa shape index (κ2) is 10.8. The number of benzene rings is 4. The fourth-order valence-electron chi connectivity index (χ4n) is 5.93. The largest absolute Gasteiger partial charge is 0.480 e. The van der Waals surface area contributed by atoms with Gasteiger partial charge < -0.3 is 14.9 Å². The molecule has 2 N–H and O–H groups in total. The molecule has 44 heavy (non-hydrogen) atoms. The maximum absolute atomic E-state index is 14.1. The van der Waals surface area contributed by atoms with E-state index in [1.807, 2.05) is 0 Å². The van der Waals surface area contributed by atoms with Gasteiger partial charge in [-0.25, -0.2) is 4.79 Å². The number of ether oxygens (including phenoxy) is 1. The van der Waals surface area contributed by atoms with Crippen molar-refractivity contribution in [2.45, 2.75) is 37.4 Å². The van der Waals surface area contributed by atoms with E-state index in [1.165, 1.54) is 42.5 Å². The van der Waals surface area contributed by atoms with Gasteiger partial charge in [0.05, 0.1) is 0 Å². The molecule has 2 aliphatic carbocycles. The van der Waals surface area contributed by atoms with Crippen LogP contribution in [0.4, 0.5) is 26.3 Å². The molecule has 0 fully saturated rings. The number of aliphatic hydroxyl groups is 1. The van der Waals surface area contributed by atoms with Crippen LogP contribution in [-0.2, 0) is 20.7 Å². The van der Waals surface area contributed by atoms with Gasteiger partial charge in [-0.15, -0.1) is 0 Å². The first-order valence-corrected chi connectivity index (χ1v) is 13.7. The van der Waals surface area contributed by atoms with Crippen LogP contribution in [0, 0.1) is 13.8 Å². The molecule has 0 amide bonds. The van der Waals surface area contributed by atoms with Crippen LogP contribution in [0.15, 0.2) is 72.8 Å². The average molecular weight is 655 g/mol. The quantitative estimate of drug-likeness (QED) is 0.216. The molecular weight excluding hydrogens is 633 g/mol. The lowest BCUT2D eigenvalue weighted by molar-refractivity contribution is -0.264. The van der Waals surface area contributed by atoms with Crippen molar-refractivity contribution in [1.82, 2.24) is 0 Å². The molecule has 2 aliphatic rings. The maximum atomic E-state index is 14.1. The van der Waals surface area contributed by atoms with Crippen LogP contribution in [0.5, 0.6) is 0 Å². The van der Waals surface area contributed by atoms with Gasteiger partial charge in [-0.3, -0.25) is 0 Å². The Kier molecular flexibility index (Phi) is 7.82. The SMILES string of the molecule is Cc1cc(Cl)c2c(c1)[C@@](O)(C(F)(F)F)c1ccccc1-2.Cc1cc(Cl)c2c(c1)[C@@](OCC(=O)O)(C(F)(F)F)c1ccccc1-2.